The summed E-state index contributed by atoms with van der Waals surface area (Å²) in [5, 5.41) is 0. The number of piperidine rings is 1. The van der Waals surface area contributed by atoms with E-state index in [9.17, 15) is 9.59 Å². The SMILES string of the molecule is CC1CCN(C(=O)[C@H]2CCCN2C(=O)N(C)C)CC1. The van der Waals surface area contributed by atoms with Crippen LogP contribution in [0.25, 0.3) is 0 Å². The molecule has 2 fully saturated rings. The van der Waals surface area contributed by atoms with Gasteiger partial charge in [0.25, 0.3) is 0 Å². The number of likely N-dealkylation sites (tertiary alicyclic amines) is 2. The molecule has 5 nitrogen and oxygen atoms in total. The van der Waals surface area contributed by atoms with Crippen molar-refractivity contribution in [2.24, 2.45) is 5.92 Å². The summed E-state index contributed by atoms with van der Waals surface area (Å²) in [5.74, 6) is 0.867. The van der Waals surface area contributed by atoms with Crippen molar-refractivity contribution in [3.8, 4) is 0 Å². The van der Waals surface area contributed by atoms with Crippen LogP contribution >= 0.6 is 0 Å². The van der Waals surface area contributed by atoms with Gasteiger partial charge in [-0.3, -0.25) is 4.79 Å². The summed E-state index contributed by atoms with van der Waals surface area (Å²) >= 11 is 0. The van der Waals surface area contributed by atoms with Crippen molar-refractivity contribution in [3.05, 3.63) is 0 Å². The maximum atomic E-state index is 12.6. The zero-order chi connectivity index (χ0) is 14.0. The summed E-state index contributed by atoms with van der Waals surface area (Å²) in [6.45, 7) is 4.64. The molecule has 0 radical (unpaired) electrons. The lowest BCUT2D eigenvalue weighted by atomic mass is 9.98. The number of carbonyl (C=O) groups excluding carboxylic acids is 2. The summed E-state index contributed by atoms with van der Waals surface area (Å²) in [7, 11) is 3.48. The molecule has 2 saturated heterocycles. The van der Waals surface area contributed by atoms with Crippen molar-refractivity contribution in [2.45, 2.75) is 38.6 Å². The van der Waals surface area contributed by atoms with Gasteiger partial charge in [0.05, 0.1) is 0 Å². The molecular formula is C14H25N3O2. The summed E-state index contributed by atoms with van der Waals surface area (Å²) in [5.41, 5.74) is 0. The van der Waals surface area contributed by atoms with Crippen LogP contribution in [0.2, 0.25) is 0 Å². The normalized spacial score (nSPS) is 24.7. The van der Waals surface area contributed by atoms with Crippen molar-refractivity contribution in [3.63, 3.8) is 0 Å². The Bertz CT molecular complexity index is 349. The molecule has 2 heterocycles. The van der Waals surface area contributed by atoms with E-state index in [-0.39, 0.29) is 18.0 Å². The monoisotopic (exact) mass is 267 g/mol. The Kier molecular flexibility index (Phi) is 4.32. The first-order valence-electron chi connectivity index (χ1n) is 7.27. The highest BCUT2D eigenvalue weighted by molar-refractivity contribution is 5.87. The molecule has 19 heavy (non-hydrogen) atoms. The Morgan fingerprint density at radius 2 is 1.68 bits per heavy atom. The van der Waals surface area contributed by atoms with Crippen LogP contribution in [0.5, 0.6) is 0 Å². The van der Waals surface area contributed by atoms with Crippen molar-refractivity contribution >= 4 is 11.9 Å². The van der Waals surface area contributed by atoms with Crippen LogP contribution in [0, 0.1) is 5.92 Å². The Morgan fingerprint density at radius 3 is 2.26 bits per heavy atom. The molecule has 0 aromatic carbocycles. The summed E-state index contributed by atoms with van der Waals surface area (Å²) in [6.07, 6.45) is 3.91. The molecule has 0 aromatic heterocycles. The van der Waals surface area contributed by atoms with Crippen LogP contribution in [0.3, 0.4) is 0 Å². The molecule has 1 atom stereocenters. The van der Waals surface area contributed by atoms with E-state index < -0.39 is 0 Å². The molecule has 0 aliphatic carbocycles. The van der Waals surface area contributed by atoms with Crippen molar-refractivity contribution in [1.29, 1.82) is 0 Å². The van der Waals surface area contributed by atoms with E-state index in [2.05, 4.69) is 6.92 Å². The lowest BCUT2D eigenvalue weighted by Crippen LogP contribution is -2.51. The van der Waals surface area contributed by atoms with Gasteiger partial charge in [0.2, 0.25) is 5.91 Å². The topological polar surface area (TPSA) is 43.9 Å². The number of rotatable bonds is 1. The molecule has 2 aliphatic rings. The minimum atomic E-state index is -0.233. The molecule has 108 valence electrons. The number of nitrogens with zero attached hydrogens (tertiary/aromatic N) is 3. The number of amides is 3. The van der Waals surface area contributed by atoms with E-state index >= 15 is 0 Å². The van der Waals surface area contributed by atoms with E-state index in [0.29, 0.717) is 12.5 Å². The van der Waals surface area contributed by atoms with Crippen LogP contribution in [0.15, 0.2) is 0 Å². The Labute approximate surface area is 115 Å². The van der Waals surface area contributed by atoms with Gasteiger partial charge in [-0.2, -0.15) is 0 Å². The van der Waals surface area contributed by atoms with Crippen LogP contribution in [-0.4, -0.2) is 66.4 Å². The number of carbonyl (C=O) groups is 2. The fourth-order valence-electron chi connectivity index (χ4n) is 2.95. The number of hydrogen-bond acceptors (Lipinski definition) is 2. The van der Waals surface area contributed by atoms with E-state index in [1.54, 1.807) is 23.9 Å². The van der Waals surface area contributed by atoms with Gasteiger partial charge in [-0.1, -0.05) is 6.92 Å². The average Bonchev–Trinajstić information content (AvgIpc) is 2.86. The van der Waals surface area contributed by atoms with Gasteiger partial charge in [0.1, 0.15) is 6.04 Å². The average molecular weight is 267 g/mol. The first-order valence-corrected chi connectivity index (χ1v) is 7.27. The molecular weight excluding hydrogens is 242 g/mol. The highest BCUT2D eigenvalue weighted by Gasteiger charge is 2.37. The van der Waals surface area contributed by atoms with E-state index in [1.165, 1.54) is 0 Å². The molecule has 0 saturated carbocycles. The van der Waals surface area contributed by atoms with Crippen LogP contribution < -0.4 is 0 Å². The van der Waals surface area contributed by atoms with Crippen molar-refractivity contribution in [2.75, 3.05) is 33.7 Å². The highest BCUT2D eigenvalue weighted by Crippen LogP contribution is 2.23. The molecule has 0 N–H and O–H groups in total. The van der Waals surface area contributed by atoms with Gasteiger partial charge < -0.3 is 14.7 Å². The van der Waals surface area contributed by atoms with Gasteiger partial charge in [-0.15, -0.1) is 0 Å². The predicted molar refractivity (Wildman–Crippen MR) is 73.8 cm³/mol. The molecule has 2 aliphatic heterocycles. The zero-order valence-electron chi connectivity index (χ0n) is 12.3. The van der Waals surface area contributed by atoms with Crippen LogP contribution in [0.4, 0.5) is 4.79 Å². The van der Waals surface area contributed by atoms with Gasteiger partial charge in [0.15, 0.2) is 0 Å². The maximum Gasteiger partial charge on any atom is 0.320 e. The minimum Gasteiger partial charge on any atom is -0.341 e. The van der Waals surface area contributed by atoms with Crippen molar-refractivity contribution < 1.29 is 9.59 Å². The Balaban J connectivity index is 1.99. The first-order chi connectivity index (χ1) is 9.00. The quantitative estimate of drug-likeness (QED) is 0.720. The minimum absolute atomic E-state index is 0.0405. The third-order valence-corrected chi connectivity index (χ3v) is 4.26. The van der Waals surface area contributed by atoms with Gasteiger partial charge in [0, 0.05) is 33.7 Å². The Morgan fingerprint density at radius 1 is 1.05 bits per heavy atom. The predicted octanol–water partition coefficient (Wildman–Crippen LogP) is 1.39. The van der Waals surface area contributed by atoms with E-state index in [4.69, 9.17) is 0 Å². The Hall–Kier alpha value is -1.26. The third kappa shape index (κ3) is 3.01. The molecule has 0 spiro atoms. The van der Waals surface area contributed by atoms with Gasteiger partial charge in [-0.25, -0.2) is 4.79 Å². The fourth-order valence-corrected chi connectivity index (χ4v) is 2.95. The molecule has 2 rings (SSSR count). The third-order valence-electron chi connectivity index (χ3n) is 4.26. The molecule has 3 amide bonds. The largest absolute Gasteiger partial charge is 0.341 e. The standard InChI is InChI=1S/C14H25N3O2/c1-11-6-9-16(10-7-11)13(18)12-5-4-8-17(12)14(19)15(2)3/h11-12H,4-10H2,1-3H3/t12-/m1/s1. The smallest absolute Gasteiger partial charge is 0.320 e. The van der Waals surface area contributed by atoms with Crippen LogP contribution in [0.1, 0.15) is 32.6 Å². The molecule has 0 aromatic rings. The van der Waals surface area contributed by atoms with Gasteiger partial charge in [-0.05, 0) is 31.6 Å². The van der Waals surface area contributed by atoms with Gasteiger partial charge >= 0.3 is 6.03 Å². The second-order valence-electron chi connectivity index (χ2n) is 6.04. The van der Waals surface area contributed by atoms with Crippen molar-refractivity contribution in [1.82, 2.24) is 14.7 Å². The number of hydrogen-bond donors (Lipinski definition) is 0. The second-order valence-corrected chi connectivity index (χ2v) is 6.04. The number of urea groups is 1. The maximum absolute atomic E-state index is 12.6. The summed E-state index contributed by atoms with van der Waals surface area (Å²) in [6, 6.07) is -0.274. The lowest BCUT2D eigenvalue weighted by molar-refractivity contribution is -0.136. The van der Waals surface area contributed by atoms with Crippen LogP contribution in [-0.2, 0) is 4.79 Å². The van der Waals surface area contributed by atoms with E-state index in [1.807, 2.05) is 4.90 Å². The molecule has 0 bridgehead atoms. The summed E-state index contributed by atoms with van der Waals surface area (Å²) < 4.78 is 0. The summed E-state index contributed by atoms with van der Waals surface area (Å²) in [4.78, 5) is 29.9. The first kappa shape index (κ1) is 14.2. The second kappa shape index (κ2) is 5.80. The lowest BCUT2D eigenvalue weighted by Gasteiger charge is -2.35. The molecule has 5 heteroatoms. The van der Waals surface area contributed by atoms with E-state index in [0.717, 1.165) is 38.8 Å². The fraction of sp³-hybridized carbons (Fsp3) is 0.857. The zero-order valence-corrected chi connectivity index (χ0v) is 12.3. The molecule has 0 unspecified atom stereocenters. The highest BCUT2D eigenvalue weighted by atomic mass is 16.2.